The molecule has 1 aliphatic carbocycles. The van der Waals surface area contributed by atoms with E-state index in [1.165, 1.54) is 12.8 Å². The summed E-state index contributed by atoms with van der Waals surface area (Å²) in [6.07, 6.45) is 7.09. The summed E-state index contributed by atoms with van der Waals surface area (Å²) < 4.78 is 2.14. The fraction of sp³-hybridized carbons (Fsp3) is 0.667. The second-order valence-corrected chi connectivity index (χ2v) is 3.69. The average molecular weight is 181 g/mol. The van der Waals surface area contributed by atoms with E-state index in [-0.39, 0.29) is 12.6 Å². The highest BCUT2D eigenvalue weighted by atomic mass is 16.3. The van der Waals surface area contributed by atoms with Crippen molar-refractivity contribution in [2.45, 2.75) is 31.3 Å². The van der Waals surface area contributed by atoms with Gasteiger partial charge in [-0.05, 0) is 12.8 Å². The van der Waals surface area contributed by atoms with Crippen LogP contribution in [0.4, 0.5) is 0 Å². The summed E-state index contributed by atoms with van der Waals surface area (Å²) in [5.74, 6) is 0. The lowest BCUT2D eigenvalue weighted by Crippen LogP contribution is -2.26. The normalized spacial score (nSPS) is 18.9. The van der Waals surface area contributed by atoms with Gasteiger partial charge < -0.3 is 15.4 Å². The first-order valence-electron chi connectivity index (χ1n) is 4.68. The zero-order valence-corrected chi connectivity index (χ0v) is 7.56. The summed E-state index contributed by atoms with van der Waals surface area (Å²) >= 11 is 0. The zero-order valence-electron chi connectivity index (χ0n) is 7.56. The molecule has 72 valence electrons. The average Bonchev–Trinajstić information content (AvgIpc) is 2.88. The molecule has 2 rings (SSSR count). The van der Waals surface area contributed by atoms with E-state index in [0.29, 0.717) is 12.5 Å². The first-order valence-corrected chi connectivity index (χ1v) is 4.68. The smallest absolute Gasteiger partial charge is 0.0951 e. The van der Waals surface area contributed by atoms with Crippen LogP contribution < -0.4 is 5.73 Å². The summed E-state index contributed by atoms with van der Waals surface area (Å²) in [5, 5.41) is 8.76. The molecule has 1 aliphatic rings. The maximum atomic E-state index is 8.76. The van der Waals surface area contributed by atoms with Crippen molar-refractivity contribution in [2.75, 3.05) is 6.61 Å². The molecule has 0 unspecified atom stereocenters. The van der Waals surface area contributed by atoms with Crippen LogP contribution in [-0.4, -0.2) is 27.3 Å². The first kappa shape index (κ1) is 8.72. The van der Waals surface area contributed by atoms with Gasteiger partial charge in [0.15, 0.2) is 0 Å². The highest BCUT2D eigenvalue weighted by molar-refractivity contribution is 5.02. The summed E-state index contributed by atoms with van der Waals surface area (Å²) in [6.45, 7) is 0.0241. The van der Waals surface area contributed by atoms with Crippen molar-refractivity contribution in [3.8, 4) is 0 Å². The monoisotopic (exact) mass is 181 g/mol. The van der Waals surface area contributed by atoms with E-state index >= 15 is 0 Å². The predicted octanol–water partition coefficient (Wildman–Crippen LogP) is 0.0801. The second kappa shape index (κ2) is 3.47. The van der Waals surface area contributed by atoms with E-state index in [4.69, 9.17) is 10.8 Å². The first-order chi connectivity index (χ1) is 6.29. The third-order valence-electron chi connectivity index (χ3n) is 2.33. The van der Waals surface area contributed by atoms with Crippen molar-refractivity contribution >= 4 is 0 Å². The molecule has 0 spiro atoms. The van der Waals surface area contributed by atoms with Crippen LogP contribution in [0.15, 0.2) is 12.5 Å². The van der Waals surface area contributed by atoms with Crippen LogP contribution >= 0.6 is 0 Å². The van der Waals surface area contributed by atoms with E-state index in [9.17, 15) is 0 Å². The molecule has 0 aliphatic heterocycles. The second-order valence-electron chi connectivity index (χ2n) is 3.69. The van der Waals surface area contributed by atoms with E-state index in [0.717, 1.165) is 5.69 Å². The van der Waals surface area contributed by atoms with Gasteiger partial charge in [0.2, 0.25) is 0 Å². The fourth-order valence-corrected chi connectivity index (χ4v) is 1.39. The number of hydrogen-bond acceptors (Lipinski definition) is 3. The van der Waals surface area contributed by atoms with Gasteiger partial charge in [-0.2, -0.15) is 0 Å². The maximum absolute atomic E-state index is 8.76. The Hall–Kier alpha value is -0.870. The Morgan fingerprint density at radius 2 is 2.46 bits per heavy atom. The van der Waals surface area contributed by atoms with Crippen LogP contribution in [-0.2, 0) is 6.42 Å². The topological polar surface area (TPSA) is 64.1 Å². The summed E-state index contributed by atoms with van der Waals surface area (Å²) in [6, 6.07) is 0.495. The lowest BCUT2D eigenvalue weighted by atomic mass is 10.2. The molecular weight excluding hydrogens is 166 g/mol. The van der Waals surface area contributed by atoms with Gasteiger partial charge >= 0.3 is 0 Å². The molecule has 4 nitrogen and oxygen atoms in total. The number of nitrogens with two attached hydrogens (primary N) is 1. The highest BCUT2D eigenvalue weighted by Gasteiger charge is 2.23. The molecule has 0 aromatic carbocycles. The van der Waals surface area contributed by atoms with Crippen molar-refractivity contribution in [3.63, 3.8) is 0 Å². The predicted molar refractivity (Wildman–Crippen MR) is 49.3 cm³/mol. The van der Waals surface area contributed by atoms with Crippen molar-refractivity contribution in [2.24, 2.45) is 5.73 Å². The number of nitrogens with zero attached hydrogens (tertiary/aromatic N) is 2. The van der Waals surface area contributed by atoms with E-state index in [2.05, 4.69) is 9.55 Å². The molecular formula is C9H15N3O. The van der Waals surface area contributed by atoms with Crippen LogP contribution in [0.3, 0.4) is 0 Å². The number of rotatable bonds is 4. The van der Waals surface area contributed by atoms with Crippen LogP contribution in [0.1, 0.15) is 24.6 Å². The largest absolute Gasteiger partial charge is 0.395 e. The third-order valence-corrected chi connectivity index (χ3v) is 2.33. The van der Waals surface area contributed by atoms with Gasteiger partial charge in [0, 0.05) is 24.7 Å². The molecule has 1 saturated carbocycles. The van der Waals surface area contributed by atoms with E-state index in [1.54, 1.807) is 0 Å². The Bertz CT molecular complexity index is 280. The van der Waals surface area contributed by atoms with Crippen LogP contribution in [0.25, 0.3) is 0 Å². The van der Waals surface area contributed by atoms with Crippen molar-refractivity contribution in [1.29, 1.82) is 0 Å². The molecule has 1 aromatic rings. The lowest BCUT2D eigenvalue weighted by molar-refractivity contribution is 0.264. The molecule has 1 heterocycles. The lowest BCUT2D eigenvalue weighted by Gasteiger charge is -2.03. The van der Waals surface area contributed by atoms with Gasteiger partial charge in [0.05, 0.1) is 18.6 Å². The van der Waals surface area contributed by atoms with Crippen molar-refractivity contribution < 1.29 is 5.11 Å². The zero-order chi connectivity index (χ0) is 9.26. The minimum Gasteiger partial charge on any atom is -0.395 e. The maximum Gasteiger partial charge on any atom is 0.0951 e. The van der Waals surface area contributed by atoms with Crippen molar-refractivity contribution in [1.82, 2.24) is 9.55 Å². The summed E-state index contributed by atoms with van der Waals surface area (Å²) in [7, 11) is 0. The fourth-order valence-electron chi connectivity index (χ4n) is 1.39. The molecule has 3 N–H and O–H groups in total. The van der Waals surface area contributed by atoms with Crippen LogP contribution in [0, 0.1) is 0 Å². The Morgan fingerprint density at radius 3 is 3.08 bits per heavy atom. The Morgan fingerprint density at radius 1 is 1.69 bits per heavy atom. The Labute approximate surface area is 77.4 Å². The number of aliphatic hydroxyl groups excluding tert-OH is 1. The molecule has 1 fully saturated rings. The Balaban J connectivity index is 1.96. The van der Waals surface area contributed by atoms with E-state index in [1.807, 2.05) is 12.5 Å². The molecule has 13 heavy (non-hydrogen) atoms. The van der Waals surface area contributed by atoms with E-state index < -0.39 is 0 Å². The number of imidazole rings is 1. The third kappa shape index (κ3) is 2.08. The molecule has 0 amide bonds. The van der Waals surface area contributed by atoms with Gasteiger partial charge in [0.25, 0.3) is 0 Å². The minimum absolute atomic E-state index is 0.0241. The van der Waals surface area contributed by atoms with Crippen LogP contribution in [0.5, 0.6) is 0 Å². The SMILES string of the molecule is N[C@H](CO)Cc1cn(C2CC2)cn1. The van der Waals surface area contributed by atoms with Crippen molar-refractivity contribution in [3.05, 3.63) is 18.2 Å². The molecule has 1 atom stereocenters. The molecule has 0 saturated heterocycles. The minimum atomic E-state index is -0.178. The number of hydrogen-bond donors (Lipinski definition) is 2. The number of aliphatic hydroxyl groups is 1. The quantitative estimate of drug-likeness (QED) is 0.691. The highest BCUT2D eigenvalue weighted by Crippen LogP contribution is 2.34. The molecule has 4 heteroatoms. The van der Waals surface area contributed by atoms with Gasteiger partial charge in [-0.3, -0.25) is 0 Å². The molecule has 0 bridgehead atoms. The van der Waals surface area contributed by atoms with Crippen LogP contribution in [0.2, 0.25) is 0 Å². The van der Waals surface area contributed by atoms with Gasteiger partial charge in [-0.15, -0.1) is 0 Å². The molecule has 1 aromatic heterocycles. The standard InChI is InChI=1S/C9H15N3O/c10-7(5-13)3-8-4-12(6-11-8)9-1-2-9/h4,6-7,9,13H,1-3,5,10H2/t7-/m0/s1. The summed E-state index contributed by atoms with van der Waals surface area (Å²) in [5.41, 5.74) is 6.59. The van der Waals surface area contributed by atoms with Gasteiger partial charge in [-0.25, -0.2) is 4.98 Å². The number of aromatic nitrogens is 2. The van der Waals surface area contributed by atoms with Gasteiger partial charge in [0.1, 0.15) is 0 Å². The Kier molecular flexibility index (Phi) is 2.33. The van der Waals surface area contributed by atoms with Gasteiger partial charge in [-0.1, -0.05) is 0 Å². The molecule has 0 radical (unpaired) electrons. The summed E-state index contributed by atoms with van der Waals surface area (Å²) in [4.78, 5) is 4.24.